The van der Waals surface area contributed by atoms with Crippen molar-refractivity contribution >= 4 is 12.0 Å². The molecule has 0 radical (unpaired) electrons. The summed E-state index contributed by atoms with van der Waals surface area (Å²) in [4.78, 5) is 10.2. The number of aryl methyl sites for hydroxylation is 1. The van der Waals surface area contributed by atoms with E-state index in [2.05, 4.69) is 5.10 Å². The Bertz CT molecular complexity index is 398. The van der Waals surface area contributed by atoms with Gasteiger partial charge >= 0.3 is 5.97 Å². The molecule has 0 aromatic carbocycles. The van der Waals surface area contributed by atoms with Crippen molar-refractivity contribution in [3.63, 3.8) is 0 Å². The van der Waals surface area contributed by atoms with Crippen LogP contribution in [-0.2, 0) is 11.8 Å². The van der Waals surface area contributed by atoms with E-state index in [4.69, 9.17) is 10.4 Å². The first-order valence-corrected chi connectivity index (χ1v) is 3.48. The second-order valence-electron chi connectivity index (χ2n) is 2.39. The molecule has 5 nitrogen and oxygen atoms in total. The molecule has 0 aliphatic heterocycles. The highest BCUT2D eigenvalue weighted by atomic mass is 16.4. The molecule has 0 bridgehead atoms. The molecular formula is C8H7N3O2. The van der Waals surface area contributed by atoms with Gasteiger partial charge in [0.15, 0.2) is 5.69 Å². The van der Waals surface area contributed by atoms with Crippen LogP contribution in [0.4, 0.5) is 0 Å². The van der Waals surface area contributed by atoms with Gasteiger partial charge in [0.1, 0.15) is 6.07 Å². The SMILES string of the molecule is Cn1cc(/C=C/C(=O)O)c(C#N)n1. The summed E-state index contributed by atoms with van der Waals surface area (Å²) in [7, 11) is 1.67. The summed E-state index contributed by atoms with van der Waals surface area (Å²) < 4.78 is 1.46. The largest absolute Gasteiger partial charge is 0.478 e. The Labute approximate surface area is 74.5 Å². The maximum absolute atomic E-state index is 10.2. The first kappa shape index (κ1) is 9.00. The van der Waals surface area contributed by atoms with Gasteiger partial charge in [0.05, 0.1) is 0 Å². The van der Waals surface area contributed by atoms with Crippen LogP contribution in [0.25, 0.3) is 6.08 Å². The Balaban J connectivity index is 3.01. The molecule has 0 saturated carbocycles. The van der Waals surface area contributed by atoms with Gasteiger partial charge in [-0.1, -0.05) is 0 Å². The molecule has 1 heterocycles. The summed E-state index contributed by atoms with van der Waals surface area (Å²) in [6.07, 6.45) is 3.89. The van der Waals surface area contributed by atoms with E-state index < -0.39 is 5.97 Å². The lowest BCUT2D eigenvalue weighted by atomic mass is 10.2. The van der Waals surface area contributed by atoms with E-state index in [1.807, 2.05) is 6.07 Å². The van der Waals surface area contributed by atoms with Crippen LogP contribution < -0.4 is 0 Å². The average Bonchev–Trinajstić information content (AvgIpc) is 2.42. The van der Waals surface area contributed by atoms with Gasteiger partial charge in [-0.2, -0.15) is 10.4 Å². The Morgan fingerprint density at radius 2 is 2.54 bits per heavy atom. The summed E-state index contributed by atoms with van der Waals surface area (Å²) in [6, 6.07) is 1.86. The maximum atomic E-state index is 10.2. The summed E-state index contributed by atoms with van der Waals surface area (Å²) in [5.41, 5.74) is 0.729. The number of nitriles is 1. The molecule has 0 saturated heterocycles. The number of nitrogens with zero attached hydrogens (tertiary/aromatic N) is 3. The Kier molecular flexibility index (Phi) is 2.45. The number of aromatic nitrogens is 2. The van der Waals surface area contributed by atoms with Crippen LogP contribution in [0.15, 0.2) is 12.3 Å². The number of aliphatic carboxylic acids is 1. The summed E-state index contributed by atoms with van der Waals surface area (Å²) in [6.45, 7) is 0. The van der Waals surface area contributed by atoms with Crippen LogP contribution in [0.5, 0.6) is 0 Å². The first-order valence-electron chi connectivity index (χ1n) is 3.48. The van der Waals surface area contributed by atoms with Crippen molar-refractivity contribution in [3.05, 3.63) is 23.5 Å². The van der Waals surface area contributed by atoms with Gasteiger partial charge < -0.3 is 5.11 Å². The van der Waals surface area contributed by atoms with E-state index in [9.17, 15) is 4.79 Å². The number of carboxylic acids is 1. The minimum atomic E-state index is -1.05. The van der Waals surface area contributed by atoms with Gasteiger partial charge in [0.2, 0.25) is 0 Å². The van der Waals surface area contributed by atoms with E-state index in [-0.39, 0.29) is 5.69 Å². The quantitative estimate of drug-likeness (QED) is 0.662. The standard InChI is InChI=1S/C8H7N3O2/c1-11-5-6(2-3-8(12)13)7(4-9)10-11/h2-3,5H,1H3,(H,12,13)/b3-2+. The monoisotopic (exact) mass is 177 g/mol. The maximum Gasteiger partial charge on any atom is 0.328 e. The molecule has 1 N–H and O–H groups in total. The number of rotatable bonds is 2. The van der Waals surface area contributed by atoms with Gasteiger partial charge in [0, 0.05) is 24.9 Å². The Morgan fingerprint density at radius 3 is 3.08 bits per heavy atom. The third kappa shape index (κ3) is 2.17. The molecule has 1 aromatic heterocycles. The second kappa shape index (κ2) is 3.54. The summed E-state index contributed by atoms with van der Waals surface area (Å²) in [5, 5.41) is 20.8. The number of carboxylic acid groups (broad SMARTS) is 1. The average molecular weight is 177 g/mol. The minimum absolute atomic E-state index is 0.222. The third-order valence-electron chi connectivity index (χ3n) is 1.37. The highest BCUT2D eigenvalue weighted by Gasteiger charge is 2.02. The van der Waals surface area contributed by atoms with Gasteiger partial charge in [-0.05, 0) is 6.08 Å². The zero-order valence-corrected chi connectivity index (χ0v) is 6.93. The van der Waals surface area contributed by atoms with Crippen LogP contribution in [0, 0.1) is 11.3 Å². The van der Waals surface area contributed by atoms with E-state index in [0.29, 0.717) is 5.56 Å². The lowest BCUT2D eigenvalue weighted by Crippen LogP contribution is -1.86. The van der Waals surface area contributed by atoms with Crippen LogP contribution in [0.2, 0.25) is 0 Å². The van der Waals surface area contributed by atoms with Crippen molar-refractivity contribution < 1.29 is 9.90 Å². The number of hydrogen-bond acceptors (Lipinski definition) is 3. The molecule has 0 amide bonds. The molecule has 0 aliphatic carbocycles. The van der Waals surface area contributed by atoms with Gasteiger partial charge in [0.25, 0.3) is 0 Å². The molecule has 0 fully saturated rings. The molecule has 66 valence electrons. The number of hydrogen-bond donors (Lipinski definition) is 1. The minimum Gasteiger partial charge on any atom is -0.478 e. The molecule has 0 atom stereocenters. The van der Waals surface area contributed by atoms with Crippen molar-refractivity contribution in [2.45, 2.75) is 0 Å². The molecule has 0 spiro atoms. The van der Waals surface area contributed by atoms with E-state index in [0.717, 1.165) is 6.08 Å². The Morgan fingerprint density at radius 1 is 1.85 bits per heavy atom. The van der Waals surface area contributed by atoms with Crippen molar-refractivity contribution in [3.8, 4) is 6.07 Å². The highest BCUT2D eigenvalue weighted by Crippen LogP contribution is 2.06. The van der Waals surface area contributed by atoms with Crippen molar-refractivity contribution in [1.82, 2.24) is 9.78 Å². The summed E-state index contributed by atoms with van der Waals surface area (Å²) in [5.74, 6) is -1.05. The van der Waals surface area contributed by atoms with Crippen molar-refractivity contribution in [1.29, 1.82) is 5.26 Å². The van der Waals surface area contributed by atoms with Gasteiger partial charge in [-0.15, -0.1) is 0 Å². The molecule has 1 aromatic rings. The van der Waals surface area contributed by atoms with E-state index >= 15 is 0 Å². The Hall–Kier alpha value is -2.09. The fraction of sp³-hybridized carbons (Fsp3) is 0.125. The van der Waals surface area contributed by atoms with E-state index in [1.54, 1.807) is 13.2 Å². The van der Waals surface area contributed by atoms with Crippen molar-refractivity contribution in [2.24, 2.45) is 7.05 Å². The molecule has 13 heavy (non-hydrogen) atoms. The second-order valence-corrected chi connectivity index (χ2v) is 2.39. The first-order chi connectivity index (χ1) is 6.13. The zero-order valence-electron chi connectivity index (χ0n) is 6.93. The molecule has 0 unspecified atom stereocenters. The molecule has 5 heteroatoms. The van der Waals surface area contributed by atoms with Crippen LogP contribution in [0.1, 0.15) is 11.3 Å². The fourth-order valence-electron chi connectivity index (χ4n) is 0.877. The lowest BCUT2D eigenvalue weighted by molar-refractivity contribution is -0.131. The third-order valence-corrected chi connectivity index (χ3v) is 1.37. The molecule has 0 aliphatic rings. The summed E-state index contributed by atoms with van der Waals surface area (Å²) >= 11 is 0. The highest BCUT2D eigenvalue weighted by molar-refractivity contribution is 5.85. The predicted octanol–water partition coefficient (Wildman–Crippen LogP) is 0.390. The molecular weight excluding hydrogens is 170 g/mol. The fourth-order valence-corrected chi connectivity index (χ4v) is 0.877. The predicted molar refractivity (Wildman–Crippen MR) is 44.6 cm³/mol. The van der Waals surface area contributed by atoms with Crippen molar-refractivity contribution in [2.75, 3.05) is 0 Å². The lowest BCUT2D eigenvalue weighted by Gasteiger charge is -1.82. The van der Waals surface area contributed by atoms with Crippen LogP contribution in [0.3, 0.4) is 0 Å². The van der Waals surface area contributed by atoms with Crippen LogP contribution >= 0.6 is 0 Å². The zero-order chi connectivity index (χ0) is 9.84. The smallest absolute Gasteiger partial charge is 0.328 e. The van der Waals surface area contributed by atoms with E-state index in [1.165, 1.54) is 10.8 Å². The molecule has 1 rings (SSSR count). The topological polar surface area (TPSA) is 78.9 Å². The van der Waals surface area contributed by atoms with Crippen LogP contribution in [-0.4, -0.2) is 20.9 Å². The normalized spacial score (nSPS) is 10.2. The number of carbonyl (C=O) groups is 1. The van der Waals surface area contributed by atoms with Gasteiger partial charge in [-0.25, -0.2) is 4.79 Å². The van der Waals surface area contributed by atoms with Gasteiger partial charge in [-0.3, -0.25) is 4.68 Å².